The lowest BCUT2D eigenvalue weighted by Gasteiger charge is -2.10. The predicted molar refractivity (Wildman–Crippen MR) is 75.2 cm³/mol. The Hall–Kier alpha value is -1.63. The van der Waals surface area contributed by atoms with Crippen molar-refractivity contribution in [2.45, 2.75) is 13.3 Å². The lowest BCUT2D eigenvalue weighted by atomic mass is 10.2. The van der Waals surface area contributed by atoms with Crippen LogP contribution in [0.25, 0.3) is 0 Å². The fourth-order valence-electron chi connectivity index (χ4n) is 1.58. The van der Waals surface area contributed by atoms with Crippen LogP contribution in [-0.2, 0) is 9.84 Å². The summed E-state index contributed by atoms with van der Waals surface area (Å²) in [7, 11) is -1.25. The number of amides is 1. The van der Waals surface area contributed by atoms with Gasteiger partial charge in [-0.3, -0.25) is 9.78 Å². The maximum atomic E-state index is 11.9. The molecule has 0 radical (unpaired) electrons. The van der Waals surface area contributed by atoms with Gasteiger partial charge in [-0.25, -0.2) is 8.42 Å². The third-order valence-corrected chi connectivity index (χ3v) is 3.56. The second-order valence-corrected chi connectivity index (χ2v) is 6.62. The first kappa shape index (κ1) is 15.4. The minimum atomic E-state index is -2.98. The molecule has 1 amide bonds. The first-order chi connectivity index (χ1) is 8.83. The number of carbonyl (C=O) groups excluding carboxylic acids is 1. The summed E-state index contributed by atoms with van der Waals surface area (Å²) in [6.07, 6.45) is 3.09. The Balaban J connectivity index is 2.59. The monoisotopic (exact) mass is 285 g/mol. The van der Waals surface area contributed by atoms with Crippen LogP contribution in [0.4, 0.5) is 5.69 Å². The largest absolute Gasteiger partial charge is 0.387 e. The molecule has 0 bridgehead atoms. The summed E-state index contributed by atoms with van der Waals surface area (Å²) < 4.78 is 21.9. The highest BCUT2D eigenvalue weighted by atomic mass is 32.2. The van der Waals surface area contributed by atoms with E-state index in [2.05, 4.69) is 15.6 Å². The lowest BCUT2D eigenvalue weighted by molar-refractivity contribution is 0.0954. The average molecular weight is 285 g/mol. The molecule has 1 rings (SSSR count). The third-order valence-electron chi connectivity index (χ3n) is 2.53. The second-order valence-electron chi connectivity index (χ2n) is 4.36. The van der Waals surface area contributed by atoms with Crippen molar-refractivity contribution in [1.82, 2.24) is 10.3 Å². The number of aromatic nitrogens is 1. The molecule has 1 aromatic heterocycles. The van der Waals surface area contributed by atoms with Crippen molar-refractivity contribution in [1.29, 1.82) is 0 Å². The Morgan fingerprint density at radius 3 is 2.68 bits per heavy atom. The average Bonchev–Trinajstić information content (AvgIpc) is 2.33. The SMILES string of the molecule is CNc1cc(C)ncc1C(=O)NCCCS(C)(=O)=O. The van der Waals surface area contributed by atoms with E-state index in [1.165, 1.54) is 12.5 Å². The molecule has 0 fully saturated rings. The summed E-state index contributed by atoms with van der Waals surface area (Å²) in [6.45, 7) is 2.16. The number of sulfone groups is 1. The van der Waals surface area contributed by atoms with E-state index in [0.29, 0.717) is 24.2 Å². The molecule has 0 aliphatic carbocycles. The van der Waals surface area contributed by atoms with Gasteiger partial charge in [-0.2, -0.15) is 0 Å². The first-order valence-electron chi connectivity index (χ1n) is 5.94. The molecule has 0 aliphatic rings. The Kier molecular flexibility index (Phi) is 5.29. The zero-order valence-corrected chi connectivity index (χ0v) is 12.2. The predicted octanol–water partition coefficient (Wildman–Crippen LogP) is 0.596. The molecule has 0 saturated carbocycles. The van der Waals surface area contributed by atoms with E-state index in [1.807, 2.05) is 6.92 Å². The topological polar surface area (TPSA) is 88.2 Å². The minimum Gasteiger partial charge on any atom is -0.387 e. The quantitative estimate of drug-likeness (QED) is 0.747. The van der Waals surface area contributed by atoms with Crippen LogP contribution in [0, 0.1) is 6.92 Å². The van der Waals surface area contributed by atoms with E-state index >= 15 is 0 Å². The van der Waals surface area contributed by atoms with Crippen molar-refractivity contribution in [2.75, 3.05) is 30.9 Å². The van der Waals surface area contributed by atoms with E-state index in [1.54, 1.807) is 13.1 Å². The summed E-state index contributed by atoms with van der Waals surface area (Å²) in [6, 6.07) is 1.78. The number of anilines is 1. The van der Waals surface area contributed by atoms with Crippen LogP contribution in [0.15, 0.2) is 12.3 Å². The third kappa shape index (κ3) is 5.25. The summed E-state index contributed by atoms with van der Waals surface area (Å²) in [5.41, 5.74) is 1.97. The maximum absolute atomic E-state index is 11.9. The Morgan fingerprint density at radius 1 is 1.42 bits per heavy atom. The number of pyridine rings is 1. The van der Waals surface area contributed by atoms with Gasteiger partial charge in [0.2, 0.25) is 0 Å². The van der Waals surface area contributed by atoms with E-state index in [-0.39, 0.29) is 11.7 Å². The smallest absolute Gasteiger partial charge is 0.254 e. The van der Waals surface area contributed by atoms with E-state index < -0.39 is 9.84 Å². The van der Waals surface area contributed by atoms with Gasteiger partial charge >= 0.3 is 0 Å². The van der Waals surface area contributed by atoms with Gasteiger partial charge in [0.15, 0.2) is 0 Å². The van der Waals surface area contributed by atoms with Crippen LogP contribution in [0.5, 0.6) is 0 Å². The Morgan fingerprint density at radius 2 is 2.11 bits per heavy atom. The summed E-state index contributed by atoms with van der Waals surface area (Å²) in [5.74, 6) is -0.191. The fraction of sp³-hybridized carbons (Fsp3) is 0.500. The first-order valence-corrected chi connectivity index (χ1v) is 8.00. The number of rotatable bonds is 6. The molecule has 106 valence electrons. The normalized spacial score (nSPS) is 11.1. The van der Waals surface area contributed by atoms with Crippen LogP contribution in [0.3, 0.4) is 0 Å². The van der Waals surface area contributed by atoms with E-state index in [4.69, 9.17) is 0 Å². The van der Waals surface area contributed by atoms with Crippen molar-refractivity contribution in [2.24, 2.45) is 0 Å². The maximum Gasteiger partial charge on any atom is 0.254 e. The molecule has 6 nitrogen and oxygen atoms in total. The van der Waals surface area contributed by atoms with Crippen LogP contribution in [0.2, 0.25) is 0 Å². The van der Waals surface area contributed by atoms with Crippen molar-refractivity contribution >= 4 is 21.4 Å². The van der Waals surface area contributed by atoms with Gasteiger partial charge in [0, 0.05) is 31.7 Å². The van der Waals surface area contributed by atoms with Gasteiger partial charge in [-0.1, -0.05) is 0 Å². The summed E-state index contributed by atoms with van der Waals surface area (Å²) in [5, 5.41) is 5.62. The van der Waals surface area contributed by atoms with Crippen molar-refractivity contribution in [3.8, 4) is 0 Å². The van der Waals surface area contributed by atoms with E-state index in [0.717, 1.165) is 5.69 Å². The highest BCUT2D eigenvalue weighted by Gasteiger charge is 2.11. The van der Waals surface area contributed by atoms with Gasteiger partial charge in [0.25, 0.3) is 5.91 Å². The molecule has 0 atom stereocenters. The van der Waals surface area contributed by atoms with Crippen LogP contribution < -0.4 is 10.6 Å². The zero-order chi connectivity index (χ0) is 14.5. The summed E-state index contributed by atoms with van der Waals surface area (Å²) >= 11 is 0. The molecule has 2 N–H and O–H groups in total. The Bertz CT molecular complexity index is 555. The zero-order valence-electron chi connectivity index (χ0n) is 11.4. The molecule has 1 aromatic rings. The number of aryl methyl sites for hydroxylation is 1. The van der Waals surface area contributed by atoms with E-state index in [9.17, 15) is 13.2 Å². The number of nitrogens with one attached hydrogen (secondary N) is 2. The second kappa shape index (κ2) is 6.51. The molecule has 0 spiro atoms. The number of hydrogen-bond acceptors (Lipinski definition) is 5. The number of carbonyl (C=O) groups is 1. The van der Waals surface area contributed by atoms with Crippen LogP contribution in [0.1, 0.15) is 22.5 Å². The van der Waals surface area contributed by atoms with Gasteiger partial charge in [0.1, 0.15) is 9.84 Å². The molecule has 7 heteroatoms. The Labute approximate surface area is 113 Å². The molecule has 0 unspecified atom stereocenters. The van der Waals surface area contributed by atoms with Crippen molar-refractivity contribution in [3.05, 3.63) is 23.5 Å². The van der Waals surface area contributed by atoms with Gasteiger partial charge in [0.05, 0.1) is 17.0 Å². The van der Waals surface area contributed by atoms with Crippen LogP contribution in [-0.4, -0.2) is 44.9 Å². The van der Waals surface area contributed by atoms with Gasteiger partial charge in [-0.05, 0) is 19.4 Å². The number of nitrogens with zero attached hydrogens (tertiary/aromatic N) is 1. The molecular weight excluding hydrogens is 266 g/mol. The molecular formula is C12H19N3O3S. The molecule has 0 saturated heterocycles. The minimum absolute atomic E-state index is 0.0678. The summed E-state index contributed by atoms with van der Waals surface area (Å²) in [4.78, 5) is 16.0. The van der Waals surface area contributed by atoms with Crippen LogP contribution >= 0.6 is 0 Å². The van der Waals surface area contributed by atoms with Gasteiger partial charge in [-0.15, -0.1) is 0 Å². The lowest BCUT2D eigenvalue weighted by Crippen LogP contribution is -2.26. The molecule has 0 aliphatic heterocycles. The number of hydrogen-bond donors (Lipinski definition) is 2. The highest BCUT2D eigenvalue weighted by Crippen LogP contribution is 2.14. The van der Waals surface area contributed by atoms with Crippen molar-refractivity contribution < 1.29 is 13.2 Å². The standard InChI is InChI=1S/C12H19N3O3S/c1-9-7-11(13-2)10(8-15-9)12(16)14-5-4-6-19(3,17)18/h7-8H,4-6H2,1-3H3,(H,13,15)(H,14,16). The molecule has 0 aromatic carbocycles. The molecule has 1 heterocycles. The molecule has 19 heavy (non-hydrogen) atoms. The fourth-order valence-corrected chi connectivity index (χ4v) is 2.25. The van der Waals surface area contributed by atoms with Gasteiger partial charge < -0.3 is 10.6 Å². The highest BCUT2D eigenvalue weighted by molar-refractivity contribution is 7.90. The van der Waals surface area contributed by atoms with Crippen molar-refractivity contribution in [3.63, 3.8) is 0 Å².